The molecule has 0 spiro atoms. The van der Waals surface area contributed by atoms with E-state index in [2.05, 4.69) is 0 Å². The number of hydrogen-bond acceptors (Lipinski definition) is 2. The number of carbonyl (C=O) groups is 1. The van der Waals surface area contributed by atoms with Gasteiger partial charge in [0.15, 0.2) is 0 Å². The molecule has 110 valence electrons. The Morgan fingerprint density at radius 2 is 1.81 bits per heavy atom. The Balaban J connectivity index is 2.64. The van der Waals surface area contributed by atoms with Crippen molar-refractivity contribution in [3.05, 3.63) is 51.0 Å². The number of carboxylic acids is 1. The van der Waals surface area contributed by atoms with E-state index in [9.17, 15) is 9.90 Å². The Morgan fingerprint density at radius 3 is 2.43 bits per heavy atom. The summed E-state index contributed by atoms with van der Waals surface area (Å²) in [4.78, 5) is 11.3. The van der Waals surface area contributed by atoms with Gasteiger partial charge in [-0.25, -0.2) is 4.79 Å². The van der Waals surface area contributed by atoms with Crippen molar-refractivity contribution in [2.45, 2.75) is 6.92 Å². The van der Waals surface area contributed by atoms with Crippen LogP contribution in [0.5, 0.6) is 5.75 Å². The van der Waals surface area contributed by atoms with Gasteiger partial charge in [0.1, 0.15) is 5.75 Å². The average molecular weight is 346 g/mol. The van der Waals surface area contributed by atoms with Crippen LogP contribution < -0.4 is 4.74 Å². The van der Waals surface area contributed by atoms with E-state index in [1.807, 2.05) is 6.92 Å². The summed E-state index contributed by atoms with van der Waals surface area (Å²) in [7, 11) is 0. The first-order chi connectivity index (χ1) is 9.93. The van der Waals surface area contributed by atoms with Crippen molar-refractivity contribution in [1.82, 2.24) is 0 Å². The zero-order valence-corrected chi connectivity index (χ0v) is 13.3. The van der Waals surface area contributed by atoms with Crippen LogP contribution in [-0.2, 0) is 0 Å². The zero-order chi connectivity index (χ0) is 15.6. The highest BCUT2D eigenvalue weighted by Gasteiger charge is 2.17. The monoisotopic (exact) mass is 344 g/mol. The van der Waals surface area contributed by atoms with Gasteiger partial charge in [-0.1, -0.05) is 34.8 Å². The minimum Gasteiger partial charge on any atom is -0.492 e. The maximum absolute atomic E-state index is 11.3. The summed E-state index contributed by atoms with van der Waals surface area (Å²) in [5.41, 5.74) is 0.997. The van der Waals surface area contributed by atoms with Crippen LogP contribution in [0.1, 0.15) is 17.3 Å². The molecule has 1 N–H and O–H groups in total. The molecule has 0 saturated heterocycles. The molecule has 6 heteroatoms. The van der Waals surface area contributed by atoms with Gasteiger partial charge in [0.25, 0.3) is 0 Å². The van der Waals surface area contributed by atoms with Gasteiger partial charge in [-0.05, 0) is 36.8 Å². The van der Waals surface area contributed by atoms with Crippen molar-refractivity contribution < 1.29 is 14.6 Å². The van der Waals surface area contributed by atoms with Crippen LogP contribution in [-0.4, -0.2) is 17.7 Å². The lowest BCUT2D eigenvalue weighted by atomic mass is 9.99. The number of rotatable bonds is 4. The van der Waals surface area contributed by atoms with Crippen molar-refractivity contribution in [1.29, 1.82) is 0 Å². The van der Waals surface area contributed by atoms with Gasteiger partial charge in [-0.3, -0.25) is 0 Å². The second kappa shape index (κ2) is 6.56. The molecule has 0 fully saturated rings. The number of carboxylic acid groups (broad SMARTS) is 1. The third-order valence-electron chi connectivity index (χ3n) is 2.82. The smallest absolute Gasteiger partial charge is 0.336 e. The number of aromatic carboxylic acids is 1. The molecular weight excluding hydrogens is 335 g/mol. The first kappa shape index (κ1) is 16.0. The number of ether oxygens (including phenoxy) is 1. The van der Waals surface area contributed by atoms with Crippen LogP contribution in [0.2, 0.25) is 15.1 Å². The van der Waals surface area contributed by atoms with Crippen molar-refractivity contribution in [2.75, 3.05) is 6.61 Å². The largest absolute Gasteiger partial charge is 0.492 e. The molecule has 0 aliphatic rings. The lowest BCUT2D eigenvalue weighted by Crippen LogP contribution is -2.00. The minimum absolute atomic E-state index is 0.0986. The summed E-state index contributed by atoms with van der Waals surface area (Å²) in [5, 5.41) is 10.4. The predicted molar refractivity (Wildman–Crippen MR) is 85.0 cm³/mol. The Labute approximate surface area is 137 Å². The fourth-order valence-electron chi connectivity index (χ4n) is 1.93. The van der Waals surface area contributed by atoms with Gasteiger partial charge < -0.3 is 9.84 Å². The molecule has 21 heavy (non-hydrogen) atoms. The number of benzene rings is 2. The summed E-state index contributed by atoms with van der Waals surface area (Å²) in [6.45, 7) is 2.28. The lowest BCUT2D eigenvalue weighted by molar-refractivity contribution is 0.0698. The molecule has 0 saturated carbocycles. The number of hydrogen-bond donors (Lipinski definition) is 1. The molecule has 2 rings (SSSR count). The van der Waals surface area contributed by atoms with Crippen LogP contribution >= 0.6 is 34.8 Å². The first-order valence-corrected chi connectivity index (χ1v) is 7.22. The number of halogens is 3. The molecule has 0 atom stereocenters. The zero-order valence-electron chi connectivity index (χ0n) is 11.0. The maximum atomic E-state index is 11.3. The molecule has 0 heterocycles. The molecule has 2 aromatic carbocycles. The Bertz CT molecular complexity index is 699. The van der Waals surface area contributed by atoms with Crippen molar-refractivity contribution in [2.24, 2.45) is 0 Å². The van der Waals surface area contributed by atoms with Gasteiger partial charge in [0.2, 0.25) is 0 Å². The second-order valence-corrected chi connectivity index (χ2v) is 5.44. The van der Waals surface area contributed by atoms with E-state index in [-0.39, 0.29) is 5.56 Å². The molecule has 0 unspecified atom stereocenters. The van der Waals surface area contributed by atoms with E-state index in [1.165, 1.54) is 12.1 Å². The predicted octanol–water partition coefficient (Wildman–Crippen LogP) is 5.41. The molecule has 0 bridgehead atoms. The standard InChI is InChI=1S/C15H11Cl3O3/c1-2-21-14-7-12(17)11(6-13(14)18)10-5-8(16)3-4-9(10)15(19)20/h3-7H,2H2,1H3,(H,19,20). The highest BCUT2D eigenvalue weighted by Crippen LogP contribution is 2.39. The maximum Gasteiger partial charge on any atom is 0.336 e. The Hall–Kier alpha value is -1.42. The first-order valence-electron chi connectivity index (χ1n) is 6.09. The molecular formula is C15H11Cl3O3. The van der Waals surface area contributed by atoms with Crippen LogP contribution in [0.4, 0.5) is 0 Å². The average Bonchev–Trinajstić information content (AvgIpc) is 2.42. The molecule has 0 aliphatic heterocycles. The van der Waals surface area contributed by atoms with Gasteiger partial charge in [0, 0.05) is 16.7 Å². The third kappa shape index (κ3) is 3.43. The molecule has 3 nitrogen and oxygen atoms in total. The van der Waals surface area contributed by atoms with Crippen molar-refractivity contribution in [3.63, 3.8) is 0 Å². The van der Waals surface area contributed by atoms with E-state index in [1.54, 1.807) is 18.2 Å². The Kier molecular flexibility index (Phi) is 4.99. The fourth-order valence-corrected chi connectivity index (χ4v) is 2.57. The van der Waals surface area contributed by atoms with Crippen LogP contribution in [0.15, 0.2) is 30.3 Å². The lowest BCUT2D eigenvalue weighted by Gasteiger charge is -2.12. The van der Waals surface area contributed by atoms with Crippen LogP contribution in [0, 0.1) is 0 Å². The molecule has 0 amide bonds. The summed E-state index contributed by atoms with van der Waals surface area (Å²) in [6.07, 6.45) is 0. The summed E-state index contributed by atoms with van der Waals surface area (Å²) in [5.74, 6) is -0.616. The van der Waals surface area contributed by atoms with Gasteiger partial charge in [-0.2, -0.15) is 0 Å². The quantitative estimate of drug-likeness (QED) is 0.805. The van der Waals surface area contributed by atoms with Gasteiger partial charge >= 0.3 is 5.97 Å². The van der Waals surface area contributed by atoms with Gasteiger partial charge in [0.05, 0.1) is 22.2 Å². The molecule has 2 aromatic rings. The fraction of sp³-hybridized carbons (Fsp3) is 0.133. The van der Waals surface area contributed by atoms with Crippen molar-refractivity contribution >= 4 is 40.8 Å². The van der Waals surface area contributed by atoms with E-state index >= 15 is 0 Å². The topological polar surface area (TPSA) is 46.5 Å². The normalized spacial score (nSPS) is 10.5. The second-order valence-electron chi connectivity index (χ2n) is 4.19. The van der Waals surface area contributed by atoms with E-state index in [4.69, 9.17) is 39.5 Å². The highest BCUT2D eigenvalue weighted by molar-refractivity contribution is 6.37. The summed E-state index contributed by atoms with van der Waals surface area (Å²) < 4.78 is 5.35. The highest BCUT2D eigenvalue weighted by atomic mass is 35.5. The molecule has 0 radical (unpaired) electrons. The third-order valence-corrected chi connectivity index (χ3v) is 3.67. The molecule has 0 aliphatic carbocycles. The summed E-state index contributed by atoms with van der Waals surface area (Å²) in [6, 6.07) is 7.63. The van der Waals surface area contributed by atoms with E-state index in [0.717, 1.165) is 0 Å². The minimum atomic E-state index is -1.07. The van der Waals surface area contributed by atoms with Gasteiger partial charge in [-0.15, -0.1) is 0 Å². The molecule has 0 aromatic heterocycles. The van der Waals surface area contributed by atoms with E-state index < -0.39 is 5.97 Å². The van der Waals surface area contributed by atoms with Crippen LogP contribution in [0.3, 0.4) is 0 Å². The van der Waals surface area contributed by atoms with E-state index in [0.29, 0.717) is 38.6 Å². The Morgan fingerprint density at radius 1 is 1.10 bits per heavy atom. The SMILES string of the molecule is CCOc1cc(Cl)c(-c2cc(Cl)ccc2C(=O)O)cc1Cl. The summed E-state index contributed by atoms with van der Waals surface area (Å²) >= 11 is 18.3. The van der Waals surface area contributed by atoms with Crippen LogP contribution in [0.25, 0.3) is 11.1 Å². The van der Waals surface area contributed by atoms with Crippen molar-refractivity contribution in [3.8, 4) is 16.9 Å².